The number of amides is 1. The summed E-state index contributed by atoms with van der Waals surface area (Å²) in [5.74, 6) is -4.45. The highest BCUT2D eigenvalue weighted by molar-refractivity contribution is 5.85. The van der Waals surface area contributed by atoms with E-state index in [9.17, 15) is 18.7 Å². The lowest BCUT2D eigenvalue weighted by Gasteiger charge is -2.41. The Labute approximate surface area is 127 Å². The molecule has 3 rings (SSSR count). The van der Waals surface area contributed by atoms with Crippen LogP contribution in [0.3, 0.4) is 0 Å². The van der Waals surface area contributed by atoms with E-state index >= 15 is 0 Å². The maximum absolute atomic E-state index is 14.0. The summed E-state index contributed by atoms with van der Waals surface area (Å²) in [4.78, 5) is 11.8. The maximum atomic E-state index is 14.0. The van der Waals surface area contributed by atoms with Crippen LogP contribution in [-0.4, -0.2) is 35.7 Å². The molecule has 0 spiro atoms. The molecule has 0 unspecified atom stereocenters. The Bertz CT molecular complexity index is 572. The largest absolute Gasteiger partial charge is 0.493 e. The first-order chi connectivity index (χ1) is 10.4. The number of halogens is 2. The number of carbonyl (C=O) groups is 1. The van der Waals surface area contributed by atoms with Gasteiger partial charge in [0.1, 0.15) is 11.4 Å². The molecule has 1 heterocycles. The van der Waals surface area contributed by atoms with Crippen LogP contribution in [0.5, 0.6) is 5.75 Å². The number of alkyl halides is 2. The highest BCUT2D eigenvalue weighted by atomic mass is 19.3. The van der Waals surface area contributed by atoms with Crippen molar-refractivity contribution in [3.8, 4) is 5.75 Å². The zero-order chi connectivity index (χ0) is 15.8. The molecule has 6 heteroatoms. The number of carbonyl (C=O) groups excluding carboxylic acids is 1. The summed E-state index contributed by atoms with van der Waals surface area (Å²) in [7, 11) is 0. The minimum absolute atomic E-state index is 0.0342. The van der Waals surface area contributed by atoms with E-state index in [0.29, 0.717) is 19.4 Å². The molecular weight excluding hydrogens is 292 g/mol. The van der Waals surface area contributed by atoms with E-state index in [1.807, 2.05) is 24.3 Å². The van der Waals surface area contributed by atoms with Crippen molar-refractivity contribution in [3.05, 3.63) is 29.8 Å². The summed E-state index contributed by atoms with van der Waals surface area (Å²) >= 11 is 0. The first kappa shape index (κ1) is 15.2. The third-order valence-corrected chi connectivity index (χ3v) is 4.64. The Morgan fingerprint density at radius 3 is 2.82 bits per heavy atom. The predicted octanol–water partition coefficient (Wildman–Crippen LogP) is 2.22. The average Bonchev–Trinajstić information content (AvgIpc) is 2.49. The molecule has 1 aromatic rings. The number of benzene rings is 1. The number of fused-ring (bicyclic) bond motifs is 1. The van der Waals surface area contributed by atoms with Gasteiger partial charge in [0.2, 0.25) is 0 Å². The van der Waals surface area contributed by atoms with Crippen molar-refractivity contribution in [2.75, 3.05) is 13.2 Å². The topological polar surface area (TPSA) is 58.6 Å². The summed E-state index contributed by atoms with van der Waals surface area (Å²) in [5.41, 5.74) is -1.26. The van der Waals surface area contributed by atoms with E-state index in [-0.39, 0.29) is 25.3 Å². The van der Waals surface area contributed by atoms with Crippen LogP contribution in [0.2, 0.25) is 0 Å². The number of ether oxygens (including phenoxy) is 1. The molecule has 0 bridgehead atoms. The zero-order valence-corrected chi connectivity index (χ0v) is 12.1. The van der Waals surface area contributed by atoms with E-state index < -0.39 is 17.4 Å². The lowest BCUT2D eigenvalue weighted by atomic mass is 9.75. The van der Waals surface area contributed by atoms with Crippen LogP contribution in [0.15, 0.2) is 24.3 Å². The second kappa shape index (κ2) is 5.50. The molecular formula is C16H19F2NO3. The Kier molecular flexibility index (Phi) is 3.80. The molecule has 22 heavy (non-hydrogen) atoms. The fourth-order valence-corrected chi connectivity index (χ4v) is 2.99. The van der Waals surface area contributed by atoms with E-state index in [0.717, 1.165) is 11.3 Å². The standard InChI is InChI=1S/C16H19F2NO3/c17-16(18,15(21)7-3-8-15)14(20)19-10-11-6-9-22-13-5-2-1-4-12(11)13/h1-2,4-5,11,21H,3,6-10H2,(H,19,20)/t11-/m1/s1. The first-order valence-electron chi connectivity index (χ1n) is 7.54. The van der Waals surface area contributed by atoms with Gasteiger partial charge in [0.15, 0.2) is 0 Å². The SMILES string of the molecule is O=C(NC[C@H]1CCOc2ccccc21)C(F)(F)C1(O)CCC1. The average molecular weight is 311 g/mol. The van der Waals surface area contributed by atoms with Crippen molar-refractivity contribution in [1.29, 1.82) is 0 Å². The summed E-state index contributed by atoms with van der Waals surface area (Å²) in [6.45, 7) is 0.614. The third-order valence-electron chi connectivity index (χ3n) is 4.64. The fraction of sp³-hybridized carbons (Fsp3) is 0.562. The quantitative estimate of drug-likeness (QED) is 0.896. The molecule has 1 atom stereocenters. The Morgan fingerprint density at radius 1 is 1.41 bits per heavy atom. The number of hydrogen-bond donors (Lipinski definition) is 2. The van der Waals surface area contributed by atoms with Crippen molar-refractivity contribution in [3.63, 3.8) is 0 Å². The number of rotatable bonds is 4. The minimum Gasteiger partial charge on any atom is -0.493 e. The summed E-state index contributed by atoms with van der Waals surface area (Å²) in [5, 5.41) is 12.1. The van der Waals surface area contributed by atoms with Gasteiger partial charge in [-0.15, -0.1) is 0 Å². The van der Waals surface area contributed by atoms with Gasteiger partial charge in [0.05, 0.1) is 6.61 Å². The van der Waals surface area contributed by atoms with Gasteiger partial charge in [0.25, 0.3) is 5.91 Å². The van der Waals surface area contributed by atoms with Crippen LogP contribution in [0, 0.1) is 0 Å². The Balaban J connectivity index is 1.65. The van der Waals surface area contributed by atoms with E-state index in [2.05, 4.69) is 5.32 Å². The number of hydrogen-bond acceptors (Lipinski definition) is 3. The van der Waals surface area contributed by atoms with Gasteiger partial charge in [-0.2, -0.15) is 8.78 Å². The third kappa shape index (κ3) is 2.45. The molecule has 1 saturated carbocycles. The molecule has 4 nitrogen and oxygen atoms in total. The summed E-state index contributed by atoms with van der Waals surface area (Å²) in [6, 6.07) is 7.41. The van der Waals surface area contributed by atoms with Crippen LogP contribution in [0.4, 0.5) is 8.78 Å². The summed E-state index contributed by atoms with van der Waals surface area (Å²) in [6.07, 6.45) is 1.11. The Hall–Kier alpha value is -1.69. The highest BCUT2D eigenvalue weighted by Crippen LogP contribution is 2.44. The van der Waals surface area contributed by atoms with Gasteiger partial charge in [-0.3, -0.25) is 4.79 Å². The van der Waals surface area contributed by atoms with Crippen LogP contribution < -0.4 is 10.1 Å². The number of aliphatic hydroxyl groups is 1. The van der Waals surface area contributed by atoms with Crippen molar-refractivity contribution >= 4 is 5.91 Å². The second-order valence-electron chi connectivity index (χ2n) is 6.04. The normalized spacial score (nSPS) is 23.0. The van der Waals surface area contributed by atoms with Crippen molar-refractivity contribution < 1.29 is 23.4 Å². The highest BCUT2D eigenvalue weighted by Gasteiger charge is 2.61. The molecule has 1 aromatic carbocycles. The van der Waals surface area contributed by atoms with Gasteiger partial charge in [-0.1, -0.05) is 18.2 Å². The minimum atomic E-state index is -3.74. The molecule has 120 valence electrons. The van der Waals surface area contributed by atoms with Gasteiger partial charge >= 0.3 is 5.92 Å². The van der Waals surface area contributed by atoms with Crippen LogP contribution >= 0.6 is 0 Å². The van der Waals surface area contributed by atoms with Gasteiger partial charge in [-0.05, 0) is 37.3 Å². The Morgan fingerprint density at radius 2 is 2.14 bits per heavy atom. The number of para-hydroxylation sites is 1. The molecule has 1 aliphatic heterocycles. The lowest BCUT2D eigenvalue weighted by molar-refractivity contribution is -0.215. The van der Waals surface area contributed by atoms with Gasteiger partial charge in [-0.25, -0.2) is 0 Å². The van der Waals surface area contributed by atoms with Crippen LogP contribution in [0.1, 0.15) is 37.2 Å². The first-order valence-corrected chi connectivity index (χ1v) is 7.54. The van der Waals surface area contributed by atoms with Crippen molar-refractivity contribution in [2.24, 2.45) is 0 Å². The van der Waals surface area contributed by atoms with E-state index in [1.165, 1.54) is 0 Å². The van der Waals surface area contributed by atoms with Gasteiger partial charge in [0, 0.05) is 12.5 Å². The van der Waals surface area contributed by atoms with Crippen molar-refractivity contribution in [1.82, 2.24) is 5.32 Å². The number of nitrogens with one attached hydrogen (secondary N) is 1. The molecule has 1 aliphatic carbocycles. The zero-order valence-electron chi connectivity index (χ0n) is 12.1. The lowest BCUT2D eigenvalue weighted by Crippen LogP contribution is -2.61. The molecule has 1 fully saturated rings. The monoisotopic (exact) mass is 311 g/mol. The predicted molar refractivity (Wildman–Crippen MR) is 76.1 cm³/mol. The molecule has 0 aromatic heterocycles. The van der Waals surface area contributed by atoms with Crippen LogP contribution in [-0.2, 0) is 4.79 Å². The molecule has 2 N–H and O–H groups in total. The smallest absolute Gasteiger partial charge is 0.352 e. The van der Waals surface area contributed by atoms with Gasteiger partial charge < -0.3 is 15.2 Å². The van der Waals surface area contributed by atoms with E-state index in [4.69, 9.17) is 4.74 Å². The van der Waals surface area contributed by atoms with Crippen molar-refractivity contribution in [2.45, 2.75) is 43.1 Å². The summed E-state index contributed by atoms with van der Waals surface area (Å²) < 4.78 is 33.5. The molecule has 0 radical (unpaired) electrons. The molecule has 0 saturated heterocycles. The maximum Gasteiger partial charge on any atom is 0.352 e. The second-order valence-corrected chi connectivity index (χ2v) is 6.04. The van der Waals surface area contributed by atoms with E-state index in [1.54, 1.807) is 0 Å². The fourth-order valence-electron chi connectivity index (χ4n) is 2.99. The van der Waals surface area contributed by atoms with Crippen LogP contribution in [0.25, 0.3) is 0 Å². The molecule has 1 amide bonds. The molecule has 2 aliphatic rings.